The predicted octanol–water partition coefficient (Wildman–Crippen LogP) is 3.90. The van der Waals surface area contributed by atoms with E-state index in [0.29, 0.717) is 5.56 Å². The summed E-state index contributed by atoms with van der Waals surface area (Å²) in [7, 11) is -4.16. The molecule has 0 fully saturated rings. The van der Waals surface area contributed by atoms with Crippen molar-refractivity contribution in [1.29, 1.82) is 0 Å². The first-order valence-corrected chi connectivity index (χ1v) is 10.5. The van der Waals surface area contributed by atoms with Crippen LogP contribution in [-0.2, 0) is 27.4 Å². The largest absolute Gasteiger partial charge is 0.416 e. The number of nitrogens with zero attached hydrogens (tertiary/aromatic N) is 1. The lowest BCUT2D eigenvalue weighted by Crippen LogP contribution is -2.19. The van der Waals surface area contributed by atoms with Crippen LogP contribution in [0.25, 0.3) is 11.1 Å². The average Bonchev–Trinajstić information content (AvgIpc) is 2.67. The van der Waals surface area contributed by atoms with Crippen molar-refractivity contribution in [2.24, 2.45) is 5.14 Å². The molecular weight excluding hydrogens is 431 g/mol. The molecule has 0 saturated carbocycles. The quantitative estimate of drug-likeness (QED) is 0.617. The Bertz CT molecular complexity index is 1220. The molecule has 1 amide bonds. The molecule has 10 heteroatoms. The smallest absolute Gasteiger partial charge is 0.326 e. The van der Waals surface area contributed by atoms with Crippen LogP contribution in [0.2, 0.25) is 0 Å². The summed E-state index contributed by atoms with van der Waals surface area (Å²) >= 11 is 0. The number of primary sulfonamides is 1. The van der Waals surface area contributed by atoms with Gasteiger partial charge < -0.3 is 5.32 Å². The van der Waals surface area contributed by atoms with Gasteiger partial charge in [-0.25, -0.2) is 13.6 Å². The molecule has 2 aromatic carbocycles. The Balaban J connectivity index is 1.89. The fourth-order valence-electron chi connectivity index (χ4n) is 3.03. The first kappa shape index (κ1) is 22.4. The van der Waals surface area contributed by atoms with E-state index >= 15 is 0 Å². The molecule has 0 aliphatic heterocycles. The SMILES string of the molecule is Cc1ccc(-c2ccc(NC(=O)Cc3ccccc3C(F)(F)F)cc2S(N)(=O)=O)cn1. The molecule has 3 aromatic rings. The minimum atomic E-state index is -4.60. The summed E-state index contributed by atoms with van der Waals surface area (Å²) in [5, 5.41) is 7.76. The summed E-state index contributed by atoms with van der Waals surface area (Å²) in [6.07, 6.45) is -3.64. The van der Waals surface area contributed by atoms with Crippen molar-refractivity contribution >= 4 is 21.6 Å². The number of hydrogen-bond acceptors (Lipinski definition) is 4. The van der Waals surface area contributed by atoms with E-state index in [9.17, 15) is 26.4 Å². The molecule has 1 aromatic heterocycles. The lowest BCUT2D eigenvalue weighted by Gasteiger charge is -2.14. The van der Waals surface area contributed by atoms with E-state index < -0.39 is 34.1 Å². The molecule has 6 nitrogen and oxygen atoms in total. The number of pyridine rings is 1. The van der Waals surface area contributed by atoms with Crippen molar-refractivity contribution in [3.8, 4) is 11.1 Å². The predicted molar refractivity (Wildman–Crippen MR) is 110 cm³/mol. The fourth-order valence-corrected chi connectivity index (χ4v) is 3.81. The molecule has 0 bridgehead atoms. The number of rotatable bonds is 5. The molecule has 31 heavy (non-hydrogen) atoms. The first-order chi connectivity index (χ1) is 14.4. The maximum Gasteiger partial charge on any atom is 0.416 e. The van der Waals surface area contributed by atoms with Crippen LogP contribution < -0.4 is 10.5 Å². The van der Waals surface area contributed by atoms with Crippen molar-refractivity contribution in [2.45, 2.75) is 24.4 Å². The van der Waals surface area contributed by atoms with Crippen molar-refractivity contribution in [3.63, 3.8) is 0 Å². The van der Waals surface area contributed by atoms with Gasteiger partial charge in [-0.2, -0.15) is 13.2 Å². The van der Waals surface area contributed by atoms with Gasteiger partial charge in [0.15, 0.2) is 0 Å². The maximum atomic E-state index is 13.1. The highest BCUT2D eigenvalue weighted by molar-refractivity contribution is 7.89. The Morgan fingerprint density at radius 3 is 2.42 bits per heavy atom. The molecule has 3 rings (SSSR count). The summed E-state index contributed by atoms with van der Waals surface area (Å²) in [6.45, 7) is 1.78. The molecule has 0 spiro atoms. The molecule has 162 valence electrons. The number of aromatic nitrogens is 1. The highest BCUT2D eigenvalue weighted by Gasteiger charge is 2.33. The van der Waals surface area contributed by atoms with Gasteiger partial charge in [0.2, 0.25) is 15.9 Å². The summed E-state index contributed by atoms with van der Waals surface area (Å²) in [5.41, 5.74) is 0.521. The van der Waals surface area contributed by atoms with E-state index in [1.54, 1.807) is 19.1 Å². The third-order valence-electron chi connectivity index (χ3n) is 4.47. The average molecular weight is 449 g/mol. The third-order valence-corrected chi connectivity index (χ3v) is 5.42. The van der Waals surface area contributed by atoms with Crippen molar-refractivity contribution in [3.05, 3.63) is 77.6 Å². The van der Waals surface area contributed by atoms with Crippen molar-refractivity contribution < 1.29 is 26.4 Å². The van der Waals surface area contributed by atoms with E-state index in [1.165, 1.54) is 36.5 Å². The van der Waals surface area contributed by atoms with Crippen LogP contribution >= 0.6 is 0 Å². The topological polar surface area (TPSA) is 102 Å². The molecule has 0 radical (unpaired) electrons. The molecule has 0 aliphatic carbocycles. The van der Waals surface area contributed by atoms with Crippen molar-refractivity contribution in [1.82, 2.24) is 4.98 Å². The van der Waals surface area contributed by atoms with E-state index in [0.717, 1.165) is 17.8 Å². The second-order valence-corrected chi connectivity index (χ2v) is 8.35. The third kappa shape index (κ3) is 5.47. The summed E-state index contributed by atoms with van der Waals surface area (Å²) < 4.78 is 63.6. The van der Waals surface area contributed by atoms with E-state index in [1.807, 2.05) is 0 Å². The number of amides is 1. The highest BCUT2D eigenvalue weighted by atomic mass is 32.2. The number of benzene rings is 2. The highest BCUT2D eigenvalue weighted by Crippen LogP contribution is 2.32. The molecule has 1 heterocycles. The Morgan fingerprint density at radius 2 is 1.81 bits per heavy atom. The van der Waals surface area contributed by atoms with Gasteiger partial charge in [-0.1, -0.05) is 30.3 Å². The second kappa shape index (κ2) is 8.48. The zero-order valence-corrected chi connectivity index (χ0v) is 17.1. The van der Waals surface area contributed by atoms with Gasteiger partial charge in [0, 0.05) is 28.7 Å². The van der Waals surface area contributed by atoms with E-state index in [4.69, 9.17) is 5.14 Å². The van der Waals surface area contributed by atoms with Crippen LogP contribution in [0.1, 0.15) is 16.8 Å². The monoisotopic (exact) mass is 449 g/mol. The van der Waals surface area contributed by atoms with Crippen LogP contribution in [-0.4, -0.2) is 19.3 Å². The van der Waals surface area contributed by atoms with Gasteiger partial charge in [-0.3, -0.25) is 9.78 Å². The molecule has 0 unspecified atom stereocenters. The molecule has 0 aliphatic rings. The number of aryl methyl sites for hydroxylation is 1. The number of nitrogens with one attached hydrogen (secondary N) is 1. The van der Waals surface area contributed by atoms with Gasteiger partial charge in [-0.05, 0) is 36.8 Å². The van der Waals surface area contributed by atoms with Gasteiger partial charge >= 0.3 is 6.18 Å². The Labute approximate surface area is 177 Å². The number of halogens is 3. The minimum absolute atomic E-state index is 0.0855. The van der Waals surface area contributed by atoms with Gasteiger partial charge in [0.25, 0.3) is 0 Å². The number of carbonyl (C=O) groups is 1. The maximum absolute atomic E-state index is 13.1. The van der Waals surface area contributed by atoms with E-state index in [2.05, 4.69) is 10.3 Å². The lowest BCUT2D eigenvalue weighted by atomic mass is 10.0. The van der Waals surface area contributed by atoms with E-state index in [-0.39, 0.29) is 21.7 Å². The minimum Gasteiger partial charge on any atom is -0.326 e. The number of nitrogens with two attached hydrogens (primary N) is 1. The fraction of sp³-hybridized carbons (Fsp3) is 0.143. The molecule has 0 saturated heterocycles. The zero-order valence-electron chi connectivity index (χ0n) is 16.3. The second-order valence-electron chi connectivity index (χ2n) is 6.82. The van der Waals surface area contributed by atoms with Crippen LogP contribution in [0.5, 0.6) is 0 Å². The molecule has 3 N–H and O–H groups in total. The zero-order chi connectivity index (χ0) is 22.8. The number of carbonyl (C=O) groups excluding carboxylic acids is 1. The van der Waals surface area contributed by atoms with Crippen LogP contribution in [0.4, 0.5) is 18.9 Å². The standard InChI is InChI=1S/C21H18F3N3O3S/c1-13-6-7-15(12-26-13)17-9-8-16(11-19(17)31(25,29)30)27-20(28)10-14-4-2-3-5-18(14)21(22,23)24/h2-9,11-12H,10H2,1H3,(H,27,28)(H2,25,29,30). The van der Waals surface area contributed by atoms with Gasteiger partial charge in [0.05, 0.1) is 16.9 Å². The van der Waals surface area contributed by atoms with Crippen molar-refractivity contribution in [2.75, 3.05) is 5.32 Å². The first-order valence-electron chi connectivity index (χ1n) is 9.00. The number of sulfonamides is 1. The van der Waals surface area contributed by atoms with Crippen LogP contribution in [0, 0.1) is 6.92 Å². The number of hydrogen-bond donors (Lipinski definition) is 2. The lowest BCUT2D eigenvalue weighted by molar-refractivity contribution is -0.138. The number of anilines is 1. The number of alkyl halides is 3. The van der Waals surface area contributed by atoms with Crippen LogP contribution in [0.15, 0.2) is 65.7 Å². The Morgan fingerprint density at radius 1 is 1.10 bits per heavy atom. The van der Waals surface area contributed by atoms with Gasteiger partial charge in [0.1, 0.15) is 0 Å². The normalized spacial score (nSPS) is 11.9. The summed E-state index contributed by atoms with van der Waals surface area (Å²) in [5.74, 6) is -0.734. The Kier molecular flexibility index (Phi) is 6.14. The van der Waals surface area contributed by atoms with Gasteiger partial charge in [-0.15, -0.1) is 0 Å². The molecular formula is C21H18F3N3O3S. The summed E-state index contributed by atoms with van der Waals surface area (Å²) in [4.78, 5) is 16.2. The Hall–Kier alpha value is -3.24. The van der Waals surface area contributed by atoms with Crippen LogP contribution in [0.3, 0.4) is 0 Å². The summed E-state index contributed by atoms with van der Waals surface area (Å²) in [6, 6.07) is 12.2. The molecule has 0 atom stereocenters.